The lowest BCUT2D eigenvalue weighted by atomic mass is 9.84. The first-order valence-electron chi connectivity index (χ1n) is 6.83. The molecule has 2 rings (SSSR count). The van der Waals surface area contributed by atoms with Gasteiger partial charge in [0.1, 0.15) is 5.82 Å². The minimum atomic E-state index is -1.03. The van der Waals surface area contributed by atoms with Crippen LogP contribution in [0.15, 0.2) is 24.3 Å². The van der Waals surface area contributed by atoms with Gasteiger partial charge in [-0.25, -0.2) is 9.18 Å². The lowest BCUT2D eigenvalue weighted by Gasteiger charge is -2.40. The molecule has 0 radical (unpaired) electrons. The van der Waals surface area contributed by atoms with Crippen LogP contribution in [0.3, 0.4) is 0 Å². The summed E-state index contributed by atoms with van der Waals surface area (Å²) < 4.78 is 13.4. The van der Waals surface area contributed by atoms with E-state index in [0.717, 1.165) is 31.3 Å². The van der Waals surface area contributed by atoms with Gasteiger partial charge in [0.15, 0.2) is 0 Å². The van der Waals surface area contributed by atoms with Gasteiger partial charge in [-0.05, 0) is 42.5 Å². The van der Waals surface area contributed by atoms with Crippen LogP contribution < -0.4 is 4.90 Å². The Hall–Kier alpha value is -1.84. The fourth-order valence-corrected chi connectivity index (χ4v) is 2.74. The van der Waals surface area contributed by atoms with Crippen molar-refractivity contribution in [2.24, 2.45) is 5.41 Å². The standard InChI is InChI=1S/C16H20FNO2/c1-16(2)8-3-9-18(11-16)14-6-5-13(17)10-12(14)4-7-15(19)20/h4-7,10H,3,8-9,11H2,1-2H3,(H,19,20). The molecule has 0 unspecified atom stereocenters. The van der Waals surface area contributed by atoms with Crippen LogP contribution in [-0.2, 0) is 4.79 Å². The van der Waals surface area contributed by atoms with Gasteiger partial charge in [-0.15, -0.1) is 0 Å². The fraction of sp³-hybridized carbons (Fsp3) is 0.438. The van der Waals surface area contributed by atoms with Crippen LogP contribution in [0.4, 0.5) is 10.1 Å². The Morgan fingerprint density at radius 2 is 2.20 bits per heavy atom. The summed E-state index contributed by atoms with van der Waals surface area (Å²) in [6.45, 7) is 6.25. The third-order valence-electron chi connectivity index (χ3n) is 3.64. The van der Waals surface area contributed by atoms with E-state index in [-0.39, 0.29) is 11.2 Å². The maximum absolute atomic E-state index is 13.4. The molecule has 0 atom stereocenters. The average Bonchev–Trinajstić information content (AvgIpc) is 2.35. The highest BCUT2D eigenvalue weighted by Crippen LogP contribution is 2.33. The molecule has 0 amide bonds. The van der Waals surface area contributed by atoms with Crippen LogP contribution in [-0.4, -0.2) is 24.2 Å². The molecular weight excluding hydrogens is 257 g/mol. The molecule has 1 aromatic rings. The lowest BCUT2D eigenvalue weighted by molar-refractivity contribution is -0.131. The Morgan fingerprint density at radius 1 is 1.45 bits per heavy atom. The van der Waals surface area contributed by atoms with Crippen molar-refractivity contribution >= 4 is 17.7 Å². The molecule has 1 heterocycles. The number of piperidine rings is 1. The second-order valence-electron chi connectivity index (χ2n) is 6.06. The summed E-state index contributed by atoms with van der Waals surface area (Å²) in [5.41, 5.74) is 1.74. The first-order chi connectivity index (χ1) is 9.37. The van der Waals surface area contributed by atoms with Crippen LogP contribution >= 0.6 is 0 Å². The molecule has 1 aliphatic rings. The number of aliphatic carboxylic acids is 1. The molecule has 0 bridgehead atoms. The van der Waals surface area contributed by atoms with Gasteiger partial charge in [-0.2, -0.15) is 0 Å². The van der Waals surface area contributed by atoms with Crippen LogP contribution in [0.2, 0.25) is 0 Å². The van der Waals surface area contributed by atoms with Crippen LogP contribution in [0, 0.1) is 11.2 Å². The van der Waals surface area contributed by atoms with Gasteiger partial charge in [0, 0.05) is 30.4 Å². The lowest BCUT2D eigenvalue weighted by Crippen LogP contribution is -2.40. The van der Waals surface area contributed by atoms with E-state index in [1.807, 2.05) is 0 Å². The number of hydrogen-bond acceptors (Lipinski definition) is 2. The summed E-state index contributed by atoms with van der Waals surface area (Å²) in [6, 6.07) is 4.55. The van der Waals surface area contributed by atoms with Crippen molar-refractivity contribution in [3.63, 3.8) is 0 Å². The van der Waals surface area contributed by atoms with Crippen LogP contribution in [0.25, 0.3) is 6.08 Å². The number of nitrogens with zero attached hydrogens (tertiary/aromatic N) is 1. The van der Waals surface area contributed by atoms with Crippen molar-refractivity contribution in [3.8, 4) is 0 Å². The zero-order valence-corrected chi connectivity index (χ0v) is 11.9. The van der Waals surface area contributed by atoms with Crippen LogP contribution in [0.1, 0.15) is 32.3 Å². The SMILES string of the molecule is CC1(C)CCCN(c2ccc(F)cc2C=CC(=O)O)C1. The predicted octanol–water partition coefficient (Wildman–Crippen LogP) is 3.55. The Morgan fingerprint density at radius 3 is 2.85 bits per heavy atom. The van der Waals surface area contributed by atoms with Gasteiger partial charge in [0.2, 0.25) is 0 Å². The molecular formula is C16H20FNO2. The predicted molar refractivity (Wildman–Crippen MR) is 78.3 cm³/mol. The van der Waals surface area contributed by atoms with E-state index in [0.29, 0.717) is 5.56 Å². The summed E-state index contributed by atoms with van der Waals surface area (Å²) in [4.78, 5) is 12.9. The zero-order chi connectivity index (χ0) is 14.8. The van der Waals surface area contributed by atoms with E-state index < -0.39 is 5.97 Å². The second-order valence-corrected chi connectivity index (χ2v) is 6.06. The number of anilines is 1. The van der Waals surface area contributed by atoms with Gasteiger partial charge < -0.3 is 10.0 Å². The van der Waals surface area contributed by atoms with E-state index in [4.69, 9.17) is 5.11 Å². The highest BCUT2D eigenvalue weighted by molar-refractivity contribution is 5.87. The highest BCUT2D eigenvalue weighted by atomic mass is 19.1. The molecule has 0 spiro atoms. The van der Waals surface area contributed by atoms with Crippen LogP contribution in [0.5, 0.6) is 0 Å². The van der Waals surface area contributed by atoms with Crippen molar-refractivity contribution in [2.75, 3.05) is 18.0 Å². The number of benzene rings is 1. The summed E-state index contributed by atoms with van der Waals surface area (Å²) >= 11 is 0. The van der Waals surface area contributed by atoms with Crippen molar-refractivity contribution in [1.29, 1.82) is 0 Å². The van der Waals surface area contributed by atoms with Crippen molar-refractivity contribution in [1.82, 2.24) is 0 Å². The largest absolute Gasteiger partial charge is 0.478 e. The highest BCUT2D eigenvalue weighted by Gasteiger charge is 2.27. The quantitative estimate of drug-likeness (QED) is 0.859. The topological polar surface area (TPSA) is 40.5 Å². The molecule has 1 fully saturated rings. The Labute approximate surface area is 118 Å². The van der Waals surface area contributed by atoms with Gasteiger partial charge in [-0.3, -0.25) is 0 Å². The Balaban J connectivity index is 2.33. The summed E-state index contributed by atoms with van der Waals surface area (Å²) in [7, 11) is 0. The van der Waals surface area contributed by atoms with E-state index >= 15 is 0 Å². The minimum Gasteiger partial charge on any atom is -0.478 e. The number of carboxylic acids is 1. The Kier molecular flexibility index (Phi) is 4.12. The van der Waals surface area contributed by atoms with E-state index in [1.165, 1.54) is 24.6 Å². The van der Waals surface area contributed by atoms with Gasteiger partial charge in [0.25, 0.3) is 0 Å². The van der Waals surface area contributed by atoms with Gasteiger partial charge in [0.05, 0.1) is 0 Å². The van der Waals surface area contributed by atoms with E-state index in [1.54, 1.807) is 6.07 Å². The van der Waals surface area contributed by atoms with Crippen molar-refractivity contribution in [3.05, 3.63) is 35.7 Å². The molecule has 3 nitrogen and oxygen atoms in total. The monoisotopic (exact) mass is 277 g/mol. The fourth-order valence-electron chi connectivity index (χ4n) is 2.74. The smallest absolute Gasteiger partial charge is 0.328 e. The summed E-state index contributed by atoms with van der Waals surface area (Å²) in [5, 5.41) is 8.73. The number of halogens is 1. The molecule has 0 saturated carbocycles. The summed E-state index contributed by atoms with van der Waals surface area (Å²) in [6.07, 6.45) is 4.77. The number of carboxylic acid groups (broad SMARTS) is 1. The third kappa shape index (κ3) is 3.59. The van der Waals surface area contributed by atoms with Gasteiger partial charge >= 0.3 is 5.97 Å². The maximum Gasteiger partial charge on any atom is 0.328 e. The van der Waals surface area contributed by atoms with E-state index in [2.05, 4.69) is 18.7 Å². The minimum absolute atomic E-state index is 0.223. The molecule has 1 aromatic carbocycles. The molecule has 0 aromatic heterocycles. The number of hydrogen-bond donors (Lipinski definition) is 1. The molecule has 4 heteroatoms. The average molecular weight is 277 g/mol. The number of rotatable bonds is 3. The number of carbonyl (C=O) groups is 1. The third-order valence-corrected chi connectivity index (χ3v) is 3.64. The van der Waals surface area contributed by atoms with E-state index in [9.17, 15) is 9.18 Å². The van der Waals surface area contributed by atoms with Crippen molar-refractivity contribution in [2.45, 2.75) is 26.7 Å². The zero-order valence-electron chi connectivity index (χ0n) is 11.9. The van der Waals surface area contributed by atoms with Gasteiger partial charge in [-0.1, -0.05) is 13.8 Å². The molecule has 1 N–H and O–H groups in total. The molecule has 1 saturated heterocycles. The molecule has 1 aliphatic heterocycles. The normalized spacial score (nSPS) is 18.4. The first-order valence-corrected chi connectivity index (χ1v) is 6.83. The second kappa shape index (κ2) is 5.65. The molecule has 20 heavy (non-hydrogen) atoms. The molecule has 0 aliphatic carbocycles. The molecule has 108 valence electrons. The Bertz CT molecular complexity index is 537. The maximum atomic E-state index is 13.4. The first kappa shape index (κ1) is 14.6. The summed E-state index contributed by atoms with van der Waals surface area (Å²) in [5.74, 6) is -1.38. The van der Waals surface area contributed by atoms with Crippen molar-refractivity contribution < 1.29 is 14.3 Å².